The molecule has 17 heavy (non-hydrogen) atoms. The molecule has 6 nitrogen and oxygen atoms in total. The zero-order valence-electron chi connectivity index (χ0n) is 9.35. The molecule has 0 radical (unpaired) electrons. The van der Waals surface area contributed by atoms with Crippen molar-refractivity contribution in [3.63, 3.8) is 0 Å². The Balaban J connectivity index is 2.05. The molecule has 0 amide bonds. The number of aromatic amines is 1. The van der Waals surface area contributed by atoms with Gasteiger partial charge in [-0.05, 0) is 0 Å². The highest BCUT2D eigenvalue weighted by atomic mass is 16.7. The monoisotopic (exact) mass is 237 g/mol. The zero-order valence-corrected chi connectivity index (χ0v) is 9.35. The van der Waals surface area contributed by atoms with Crippen molar-refractivity contribution >= 4 is 23.0 Å². The number of aromatic nitrogens is 1. The first-order chi connectivity index (χ1) is 8.06. The number of carbonyl (C=O) groups excluding carboxylic acids is 2. The Labute approximate surface area is 96.5 Å². The Morgan fingerprint density at radius 1 is 1.41 bits per heavy atom. The molecule has 0 bridgehead atoms. The zero-order chi connectivity index (χ0) is 12.4. The SMILES string of the molecule is CC(=O)OC(C)OC(=O)c1cc2occc2[nH]1. The summed E-state index contributed by atoms with van der Waals surface area (Å²) in [6.45, 7) is 2.71. The van der Waals surface area contributed by atoms with Crippen LogP contribution in [0, 0.1) is 0 Å². The van der Waals surface area contributed by atoms with E-state index in [4.69, 9.17) is 9.15 Å². The average Bonchev–Trinajstić information content (AvgIpc) is 2.73. The van der Waals surface area contributed by atoms with Crippen LogP contribution in [0.1, 0.15) is 24.3 Å². The Morgan fingerprint density at radius 3 is 2.82 bits per heavy atom. The summed E-state index contributed by atoms with van der Waals surface area (Å²) in [6.07, 6.45) is 0.590. The number of ether oxygens (including phenoxy) is 2. The van der Waals surface area contributed by atoms with Gasteiger partial charge in [-0.1, -0.05) is 0 Å². The van der Waals surface area contributed by atoms with E-state index >= 15 is 0 Å². The molecule has 0 aliphatic rings. The molecule has 1 N–H and O–H groups in total. The Hall–Kier alpha value is -2.24. The number of nitrogens with one attached hydrogen (secondary N) is 1. The topological polar surface area (TPSA) is 81.5 Å². The largest absolute Gasteiger partial charge is 0.463 e. The Morgan fingerprint density at radius 2 is 2.18 bits per heavy atom. The predicted molar refractivity (Wildman–Crippen MR) is 57.2 cm³/mol. The lowest BCUT2D eigenvalue weighted by atomic mass is 10.4. The third-order valence-electron chi connectivity index (χ3n) is 2.06. The molecular weight excluding hydrogens is 226 g/mol. The molecule has 2 aromatic heterocycles. The normalized spacial score (nSPS) is 12.4. The van der Waals surface area contributed by atoms with Crippen molar-refractivity contribution in [3.05, 3.63) is 24.1 Å². The fourth-order valence-electron chi connectivity index (χ4n) is 1.43. The van der Waals surface area contributed by atoms with Crippen LogP contribution in [0.25, 0.3) is 11.1 Å². The van der Waals surface area contributed by atoms with Gasteiger partial charge in [0, 0.05) is 26.0 Å². The summed E-state index contributed by atoms with van der Waals surface area (Å²) in [6, 6.07) is 3.22. The van der Waals surface area contributed by atoms with Crippen molar-refractivity contribution < 1.29 is 23.5 Å². The fourth-order valence-corrected chi connectivity index (χ4v) is 1.43. The van der Waals surface area contributed by atoms with Gasteiger partial charge in [-0.2, -0.15) is 0 Å². The molecule has 0 spiro atoms. The van der Waals surface area contributed by atoms with E-state index in [1.807, 2.05) is 0 Å². The summed E-state index contributed by atoms with van der Waals surface area (Å²) >= 11 is 0. The van der Waals surface area contributed by atoms with Crippen molar-refractivity contribution in [2.45, 2.75) is 20.1 Å². The Kier molecular flexibility index (Phi) is 2.86. The minimum atomic E-state index is -0.922. The van der Waals surface area contributed by atoms with E-state index in [9.17, 15) is 9.59 Å². The molecule has 2 aromatic rings. The third kappa shape index (κ3) is 2.47. The van der Waals surface area contributed by atoms with Crippen LogP contribution in [0.3, 0.4) is 0 Å². The van der Waals surface area contributed by atoms with Gasteiger partial charge in [-0.25, -0.2) is 4.79 Å². The van der Waals surface area contributed by atoms with Crippen molar-refractivity contribution in [3.8, 4) is 0 Å². The van der Waals surface area contributed by atoms with E-state index < -0.39 is 18.2 Å². The molecule has 0 saturated carbocycles. The van der Waals surface area contributed by atoms with Crippen molar-refractivity contribution in [2.24, 2.45) is 0 Å². The van der Waals surface area contributed by atoms with E-state index in [2.05, 4.69) is 9.72 Å². The van der Waals surface area contributed by atoms with Crippen LogP contribution >= 0.6 is 0 Å². The smallest absolute Gasteiger partial charge is 0.357 e. The summed E-state index contributed by atoms with van der Waals surface area (Å²) in [5, 5.41) is 0. The standard InChI is InChI=1S/C11H11NO5/c1-6(13)16-7(2)17-11(14)9-5-10-8(12-9)3-4-15-10/h3-5,7,12H,1-2H3. The number of rotatable bonds is 3. The number of H-pyrrole nitrogens is 1. The summed E-state index contributed by atoms with van der Waals surface area (Å²) in [5.41, 5.74) is 1.52. The highest BCUT2D eigenvalue weighted by Crippen LogP contribution is 2.17. The van der Waals surface area contributed by atoms with Crippen LogP contribution in [0.2, 0.25) is 0 Å². The maximum atomic E-state index is 11.6. The number of hydrogen-bond donors (Lipinski definition) is 1. The summed E-state index contributed by atoms with van der Waals surface area (Å²) < 4.78 is 14.7. The van der Waals surface area contributed by atoms with Gasteiger partial charge in [0.15, 0.2) is 5.58 Å². The molecule has 6 heteroatoms. The van der Waals surface area contributed by atoms with Crippen LogP contribution in [0.15, 0.2) is 22.8 Å². The van der Waals surface area contributed by atoms with Crippen molar-refractivity contribution in [2.75, 3.05) is 0 Å². The van der Waals surface area contributed by atoms with Crippen molar-refractivity contribution in [1.82, 2.24) is 4.98 Å². The van der Waals surface area contributed by atoms with Crippen LogP contribution < -0.4 is 0 Å². The molecule has 0 fully saturated rings. The molecule has 1 atom stereocenters. The molecule has 2 rings (SSSR count). The molecule has 1 unspecified atom stereocenters. The second-order valence-corrected chi connectivity index (χ2v) is 3.46. The van der Waals surface area contributed by atoms with Crippen LogP contribution in [-0.4, -0.2) is 23.2 Å². The second kappa shape index (κ2) is 4.32. The van der Waals surface area contributed by atoms with Gasteiger partial charge in [-0.3, -0.25) is 4.79 Å². The molecule has 0 saturated heterocycles. The van der Waals surface area contributed by atoms with Crippen LogP contribution in [0.5, 0.6) is 0 Å². The first-order valence-electron chi connectivity index (χ1n) is 5.00. The minimum Gasteiger partial charge on any atom is -0.463 e. The molecule has 0 aromatic carbocycles. The van der Waals surface area contributed by atoms with Gasteiger partial charge in [0.05, 0.1) is 11.8 Å². The van der Waals surface area contributed by atoms with Gasteiger partial charge in [0.2, 0.25) is 6.29 Å². The predicted octanol–water partition coefficient (Wildman–Crippen LogP) is 1.83. The molecule has 0 aliphatic heterocycles. The van der Waals surface area contributed by atoms with E-state index in [1.54, 1.807) is 6.07 Å². The van der Waals surface area contributed by atoms with Gasteiger partial charge in [-0.15, -0.1) is 0 Å². The van der Waals surface area contributed by atoms with E-state index in [-0.39, 0.29) is 5.69 Å². The maximum Gasteiger partial charge on any atom is 0.357 e. The number of furan rings is 1. The lowest BCUT2D eigenvalue weighted by Gasteiger charge is -2.11. The number of esters is 2. The minimum absolute atomic E-state index is 0.248. The Bertz CT molecular complexity index is 524. The molecule has 90 valence electrons. The number of hydrogen-bond acceptors (Lipinski definition) is 5. The molecule has 2 heterocycles. The molecule has 0 aliphatic carbocycles. The van der Waals surface area contributed by atoms with Gasteiger partial charge < -0.3 is 18.9 Å². The van der Waals surface area contributed by atoms with Gasteiger partial charge in [0.1, 0.15) is 5.69 Å². The summed E-state index contributed by atoms with van der Waals surface area (Å²) in [7, 11) is 0. The van der Waals surface area contributed by atoms with E-state index in [0.717, 1.165) is 0 Å². The molecular formula is C11H11NO5. The summed E-state index contributed by atoms with van der Waals surface area (Å²) in [5.74, 6) is -1.12. The number of carbonyl (C=O) groups is 2. The van der Waals surface area contributed by atoms with Crippen LogP contribution in [-0.2, 0) is 14.3 Å². The quantitative estimate of drug-likeness (QED) is 0.650. The third-order valence-corrected chi connectivity index (χ3v) is 2.06. The highest BCUT2D eigenvalue weighted by molar-refractivity contribution is 5.93. The summed E-state index contributed by atoms with van der Waals surface area (Å²) in [4.78, 5) is 25.1. The first-order valence-corrected chi connectivity index (χ1v) is 5.00. The number of fused-ring (bicyclic) bond motifs is 1. The van der Waals surface area contributed by atoms with Gasteiger partial charge in [0.25, 0.3) is 0 Å². The fraction of sp³-hybridized carbons (Fsp3) is 0.273. The lowest BCUT2D eigenvalue weighted by Crippen LogP contribution is -2.20. The lowest BCUT2D eigenvalue weighted by molar-refractivity contribution is -0.162. The van der Waals surface area contributed by atoms with Gasteiger partial charge >= 0.3 is 11.9 Å². The van der Waals surface area contributed by atoms with E-state index in [0.29, 0.717) is 11.1 Å². The second-order valence-electron chi connectivity index (χ2n) is 3.46. The van der Waals surface area contributed by atoms with Crippen LogP contribution in [0.4, 0.5) is 0 Å². The van der Waals surface area contributed by atoms with Crippen molar-refractivity contribution in [1.29, 1.82) is 0 Å². The maximum absolute atomic E-state index is 11.6. The average molecular weight is 237 g/mol. The first kappa shape index (κ1) is 11.3. The van der Waals surface area contributed by atoms with E-state index in [1.165, 1.54) is 26.2 Å². The highest BCUT2D eigenvalue weighted by Gasteiger charge is 2.16.